The third kappa shape index (κ3) is 3.23. The Bertz CT molecular complexity index is 347. The zero-order valence-corrected chi connectivity index (χ0v) is 10.3. The quantitative estimate of drug-likeness (QED) is 0.613. The standard InChI is InChI=1S/C11H15ClO4/c1-10(2,3)16-8(13)7(12)6-11(4-5-11)9(14)15/h6H,4-5H2,1-3H3,(H,14,15). The largest absolute Gasteiger partial charge is 0.481 e. The number of rotatable bonds is 3. The third-order valence-corrected chi connectivity index (χ3v) is 2.47. The molecule has 0 aromatic rings. The van der Waals surface area contributed by atoms with Crippen molar-refractivity contribution in [1.29, 1.82) is 0 Å². The summed E-state index contributed by atoms with van der Waals surface area (Å²) in [5.41, 5.74) is -1.58. The predicted molar refractivity (Wildman–Crippen MR) is 59.1 cm³/mol. The summed E-state index contributed by atoms with van der Waals surface area (Å²) in [6.07, 6.45) is 2.31. The smallest absolute Gasteiger partial charge is 0.349 e. The summed E-state index contributed by atoms with van der Waals surface area (Å²) in [5, 5.41) is 8.75. The van der Waals surface area contributed by atoms with E-state index in [0.717, 1.165) is 0 Å². The molecule has 0 radical (unpaired) electrons. The molecular formula is C11H15ClO4. The van der Waals surface area contributed by atoms with Gasteiger partial charge in [0.05, 0.1) is 5.41 Å². The Kier molecular flexibility index (Phi) is 3.33. The SMILES string of the molecule is CC(C)(C)OC(=O)C(Cl)=CC1(C(=O)O)CC1. The van der Waals surface area contributed by atoms with Crippen LogP contribution in [0.2, 0.25) is 0 Å². The second-order valence-corrected chi connectivity index (χ2v) is 5.36. The molecule has 0 bridgehead atoms. The molecule has 90 valence electrons. The van der Waals surface area contributed by atoms with E-state index >= 15 is 0 Å². The van der Waals surface area contributed by atoms with Crippen molar-refractivity contribution in [3.63, 3.8) is 0 Å². The molecule has 16 heavy (non-hydrogen) atoms. The van der Waals surface area contributed by atoms with Crippen molar-refractivity contribution < 1.29 is 19.4 Å². The highest BCUT2D eigenvalue weighted by Crippen LogP contribution is 2.48. The molecule has 0 aromatic carbocycles. The average Bonchev–Trinajstić information content (AvgIpc) is 2.82. The van der Waals surface area contributed by atoms with Crippen LogP contribution in [0.1, 0.15) is 33.6 Å². The van der Waals surface area contributed by atoms with E-state index in [9.17, 15) is 9.59 Å². The zero-order chi connectivity index (χ0) is 12.6. The van der Waals surface area contributed by atoms with Gasteiger partial charge < -0.3 is 9.84 Å². The number of hydrogen-bond acceptors (Lipinski definition) is 3. The maximum Gasteiger partial charge on any atom is 0.349 e. The molecule has 0 amide bonds. The number of carboxylic acid groups (broad SMARTS) is 1. The summed E-state index contributed by atoms with van der Waals surface area (Å²) in [6.45, 7) is 5.16. The monoisotopic (exact) mass is 246 g/mol. The molecule has 0 aliphatic heterocycles. The molecule has 5 heteroatoms. The maximum absolute atomic E-state index is 11.5. The van der Waals surface area contributed by atoms with Gasteiger partial charge in [-0.3, -0.25) is 4.79 Å². The highest BCUT2D eigenvalue weighted by atomic mass is 35.5. The normalized spacial score (nSPS) is 19.1. The Balaban J connectivity index is 2.71. The fourth-order valence-corrected chi connectivity index (χ4v) is 1.43. The summed E-state index contributed by atoms with van der Waals surface area (Å²) in [4.78, 5) is 22.3. The number of hydrogen-bond donors (Lipinski definition) is 1. The number of carbonyl (C=O) groups is 2. The first-order chi connectivity index (χ1) is 7.16. The summed E-state index contributed by atoms with van der Waals surface area (Å²) >= 11 is 5.73. The van der Waals surface area contributed by atoms with Crippen molar-refractivity contribution in [1.82, 2.24) is 0 Å². The van der Waals surface area contributed by atoms with Crippen LogP contribution in [-0.4, -0.2) is 22.6 Å². The minimum atomic E-state index is -0.950. The Hall–Kier alpha value is -1.03. The first-order valence-corrected chi connectivity index (χ1v) is 5.39. The van der Waals surface area contributed by atoms with Crippen molar-refractivity contribution in [3.8, 4) is 0 Å². The molecule has 0 aromatic heterocycles. The molecule has 0 spiro atoms. The van der Waals surface area contributed by atoms with Gasteiger partial charge in [-0.2, -0.15) is 0 Å². The van der Waals surface area contributed by atoms with Gasteiger partial charge >= 0.3 is 11.9 Å². The molecule has 1 rings (SSSR count). The van der Waals surface area contributed by atoms with E-state index in [1.54, 1.807) is 20.8 Å². The van der Waals surface area contributed by atoms with Crippen molar-refractivity contribution >= 4 is 23.5 Å². The molecule has 1 aliphatic carbocycles. The Morgan fingerprint density at radius 1 is 1.38 bits per heavy atom. The number of esters is 1. The minimum Gasteiger partial charge on any atom is -0.481 e. The van der Waals surface area contributed by atoms with Gasteiger partial charge in [0, 0.05) is 0 Å². The van der Waals surface area contributed by atoms with E-state index in [1.807, 2.05) is 0 Å². The number of halogens is 1. The molecule has 1 N–H and O–H groups in total. The van der Waals surface area contributed by atoms with E-state index < -0.39 is 23.0 Å². The maximum atomic E-state index is 11.5. The number of ether oxygens (including phenoxy) is 1. The van der Waals surface area contributed by atoms with Gasteiger partial charge in [-0.15, -0.1) is 0 Å². The van der Waals surface area contributed by atoms with Crippen LogP contribution in [0.5, 0.6) is 0 Å². The summed E-state index contributed by atoms with van der Waals surface area (Å²) < 4.78 is 5.02. The predicted octanol–water partition coefficient (Wildman–Crippen LogP) is 2.32. The van der Waals surface area contributed by atoms with Gasteiger partial charge in [-0.25, -0.2) is 4.79 Å². The zero-order valence-electron chi connectivity index (χ0n) is 9.54. The second kappa shape index (κ2) is 4.09. The molecule has 1 fully saturated rings. The highest BCUT2D eigenvalue weighted by molar-refractivity contribution is 6.41. The van der Waals surface area contributed by atoms with Crippen LogP contribution < -0.4 is 0 Å². The Labute approximate surface area is 99.2 Å². The van der Waals surface area contributed by atoms with Crippen LogP contribution in [0, 0.1) is 5.41 Å². The summed E-state index contributed by atoms with van der Waals surface area (Å²) in [7, 11) is 0. The molecule has 0 heterocycles. The van der Waals surface area contributed by atoms with Crippen molar-refractivity contribution in [2.45, 2.75) is 39.2 Å². The average molecular weight is 247 g/mol. The van der Waals surface area contributed by atoms with Gasteiger partial charge in [0.2, 0.25) is 0 Å². The Morgan fingerprint density at radius 3 is 2.19 bits per heavy atom. The highest BCUT2D eigenvalue weighted by Gasteiger charge is 2.49. The molecule has 1 saturated carbocycles. The molecular weight excluding hydrogens is 232 g/mol. The molecule has 0 saturated heterocycles. The number of aliphatic carboxylic acids is 1. The summed E-state index contributed by atoms with van der Waals surface area (Å²) in [6, 6.07) is 0. The van der Waals surface area contributed by atoms with Crippen LogP contribution in [0.4, 0.5) is 0 Å². The lowest BCUT2D eigenvalue weighted by atomic mass is 10.1. The van der Waals surface area contributed by atoms with Crippen molar-refractivity contribution in [2.24, 2.45) is 5.41 Å². The van der Waals surface area contributed by atoms with E-state index in [1.165, 1.54) is 6.08 Å². The second-order valence-electron chi connectivity index (χ2n) is 4.96. The van der Waals surface area contributed by atoms with Gasteiger partial charge in [0.15, 0.2) is 0 Å². The fraction of sp³-hybridized carbons (Fsp3) is 0.636. The van der Waals surface area contributed by atoms with Crippen molar-refractivity contribution in [3.05, 3.63) is 11.1 Å². The lowest BCUT2D eigenvalue weighted by molar-refractivity contribution is -0.149. The van der Waals surface area contributed by atoms with E-state index in [0.29, 0.717) is 12.8 Å². The van der Waals surface area contributed by atoms with Crippen LogP contribution >= 0.6 is 11.6 Å². The van der Waals surface area contributed by atoms with Gasteiger partial charge in [0.1, 0.15) is 10.6 Å². The van der Waals surface area contributed by atoms with Gasteiger partial charge in [-0.1, -0.05) is 11.6 Å². The first-order valence-electron chi connectivity index (χ1n) is 5.01. The lowest BCUT2D eigenvalue weighted by Gasteiger charge is -2.19. The molecule has 0 atom stereocenters. The summed E-state index contributed by atoms with van der Waals surface area (Å²) in [5.74, 6) is -1.63. The first kappa shape index (κ1) is 13.0. The van der Waals surface area contributed by atoms with Crippen LogP contribution in [0.3, 0.4) is 0 Å². The van der Waals surface area contributed by atoms with Crippen LogP contribution in [0.15, 0.2) is 11.1 Å². The topological polar surface area (TPSA) is 63.6 Å². The fourth-order valence-electron chi connectivity index (χ4n) is 1.18. The third-order valence-electron chi connectivity index (χ3n) is 2.21. The van der Waals surface area contributed by atoms with E-state index in [2.05, 4.69) is 0 Å². The number of carboxylic acids is 1. The van der Waals surface area contributed by atoms with E-state index in [4.69, 9.17) is 21.4 Å². The minimum absolute atomic E-state index is 0.158. The van der Waals surface area contributed by atoms with Gasteiger partial charge in [-0.05, 0) is 39.7 Å². The number of carbonyl (C=O) groups excluding carboxylic acids is 1. The van der Waals surface area contributed by atoms with Crippen LogP contribution in [0.25, 0.3) is 0 Å². The molecule has 4 nitrogen and oxygen atoms in total. The van der Waals surface area contributed by atoms with Gasteiger partial charge in [0.25, 0.3) is 0 Å². The van der Waals surface area contributed by atoms with Crippen LogP contribution in [-0.2, 0) is 14.3 Å². The van der Waals surface area contributed by atoms with Crippen molar-refractivity contribution in [2.75, 3.05) is 0 Å². The lowest BCUT2D eigenvalue weighted by Crippen LogP contribution is -2.24. The van der Waals surface area contributed by atoms with E-state index in [-0.39, 0.29) is 5.03 Å². The Morgan fingerprint density at radius 2 is 1.88 bits per heavy atom. The molecule has 1 aliphatic rings. The molecule has 0 unspecified atom stereocenters.